The number of hydrogen-bond donors (Lipinski definition) is 8. The van der Waals surface area contributed by atoms with Gasteiger partial charge in [0, 0.05) is 28.3 Å². The van der Waals surface area contributed by atoms with E-state index < -0.39 is 11.3 Å². The Morgan fingerprint density at radius 1 is 0.525 bits per heavy atom. The molecular weight excluding hydrogens is 500 g/mol. The Hall–Kier alpha value is -4.93. The molecule has 0 aliphatic heterocycles. The maximum Gasteiger partial charge on any atom is 0.255 e. The van der Waals surface area contributed by atoms with Crippen LogP contribution in [0.3, 0.4) is 0 Å². The number of amides is 1. The van der Waals surface area contributed by atoms with Crippen LogP contribution in [-0.2, 0) is 0 Å². The number of carbonyl (C=O) groups is 1. The van der Waals surface area contributed by atoms with Gasteiger partial charge in [-0.2, -0.15) is 0 Å². The Bertz CT molecular complexity index is 1350. The van der Waals surface area contributed by atoms with E-state index >= 15 is 0 Å². The lowest BCUT2D eigenvalue weighted by atomic mass is 9.94. The first-order chi connectivity index (χ1) is 18.9. The number of hydrogen-bond acceptors (Lipinski definition) is 8. The fourth-order valence-corrected chi connectivity index (χ4v) is 3.40. The number of allylic oxidation sites excluding steroid dienone is 6. The molecule has 3 aromatic rings. The first-order valence-electron chi connectivity index (χ1n) is 12.4. The van der Waals surface area contributed by atoms with Gasteiger partial charge in [0.2, 0.25) is 0 Å². The second-order valence-electron chi connectivity index (χ2n) is 9.35. The molecule has 9 nitrogen and oxygen atoms in total. The third kappa shape index (κ3) is 9.75. The van der Waals surface area contributed by atoms with E-state index in [0.29, 0.717) is 22.6 Å². The largest absolute Gasteiger partial charge is 0.399 e. The molecule has 0 saturated heterocycles. The summed E-state index contributed by atoms with van der Waals surface area (Å²) in [5.74, 6) is -0.172. The zero-order chi connectivity index (χ0) is 29.2. The monoisotopic (exact) mass is 536 g/mol. The van der Waals surface area contributed by atoms with E-state index in [1.807, 2.05) is 54.6 Å². The van der Waals surface area contributed by atoms with Crippen molar-refractivity contribution in [1.82, 2.24) is 0 Å². The van der Waals surface area contributed by atoms with E-state index in [1.165, 1.54) is 0 Å². The molecule has 0 heterocycles. The van der Waals surface area contributed by atoms with Crippen LogP contribution >= 0.6 is 0 Å². The SMILES string of the molecule is NC1(N)C=CC(=C2C=CC(N)(N)C=C2)C=C1.Nc1ccc(NC(=O)c2ccc(N)cc2)cc1.Nc1ccccc1. The summed E-state index contributed by atoms with van der Waals surface area (Å²) in [5, 5.41) is 2.77. The summed E-state index contributed by atoms with van der Waals surface area (Å²) in [4.78, 5) is 11.8. The molecular formula is C31H36N8O. The molecule has 9 heteroatoms. The van der Waals surface area contributed by atoms with Crippen molar-refractivity contribution in [3.05, 3.63) is 144 Å². The van der Waals surface area contributed by atoms with Gasteiger partial charge in [0.15, 0.2) is 0 Å². The smallest absolute Gasteiger partial charge is 0.255 e. The van der Waals surface area contributed by atoms with Gasteiger partial charge < -0.3 is 45.5 Å². The minimum Gasteiger partial charge on any atom is -0.399 e. The van der Waals surface area contributed by atoms with Crippen molar-refractivity contribution in [2.45, 2.75) is 11.3 Å². The third-order valence-electron chi connectivity index (χ3n) is 5.68. The molecule has 0 fully saturated rings. The third-order valence-corrected chi connectivity index (χ3v) is 5.68. The van der Waals surface area contributed by atoms with Gasteiger partial charge >= 0.3 is 0 Å². The lowest BCUT2D eigenvalue weighted by Gasteiger charge is -2.22. The molecule has 0 unspecified atom stereocenters. The van der Waals surface area contributed by atoms with Crippen molar-refractivity contribution in [3.8, 4) is 0 Å². The Morgan fingerprint density at radius 2 is 0.900 bits per heavy atom. The summed E-state index contributed by atoms with van der Waals surface area (Å²) in [5.41, 5.74) is 43.1. The number of nitrogen functional groups attached to an aromatic ring is 3. The van der Waals surface area contributed by atoms with E-state index in [0.717, 1.165) is 16.8 Å². The van der Waals surface area contributed by atoms with Crippen LogP contribution in [0.4, 0.5) is 22.7 Å². The van der Waals surface area contributed by atoms with E-state index in [2.05, 4.69) is 5.32 Å². The van der Waals surface area contributed by atoms with Gasteiger partial charge in [0.05, 0.1) is 0 Å². The predicted octanol–water partition coefficient (Wildman–Crippen LogP) is 3.13. The maximum atomic E-state index is 11.8. The highest BCUT2D eigenvalue weighted by atomic mass is 16.1. The van der Waals surface area contributed by atoms with Gasteiger partial charge in [-0.25, -0.2) is 0 Å². The highest BCUT2D eigenvalue weighted by molar-refractivity contribution is 6.04. The predicted molar refractivity (Wildman–Crippen MR) is 166 cm³/mol. The summed E-state index contributed by atoms with van der Waals surface area (Å²) in [7, 11) is 0. The summed E-state index contributed by atoms with van der Waals surface area (Å²) in [6.45, 7) is 0. The minimum atomic E-state index is -0.850. The quantitative estimate of drug-likeness (QED) is 0.179. The maximum absolute atomic E-state index is 11.8. The van der Waals surface area contributed by atoms with Crippen LogP contribution in [0.1, 0.15) is 10.4 Å². The van der Waals surface area contributed by atoms with Crippen molar-refractivity contribution in [1.29, 1.82) is 0 Å². The number of anilines is 4. The average molecular weight is 537 g/mol. The standard InChI is InChI=1S/C13H13N3O.C12H16N4.C6H7N/c14-10-3-1-9(2-4-10)13(17)16-12-7-5-11(15)6-8-12;13-11(14)5-1-9(2-6-11)10-3-7-12(15,16)8-4-10;7-6-4-2-1-3-5-6/h1-8H,14-15H2,(H,16,17);1-8H,13-16H2;1-5H,7H2. The number of nitrogens with two attached hydrogens (primary N) is 7. The molecule has 40 heavy (non-hydrogen) atoms. The van der Waals surface area contributed by atoms with E-state index in [4.69, 9.17) is 40.1 Å². The Labute approximate surface area is 234 Å². The number of rotatable bonds is 2. The highest BCUT2D eigenvalue weighted by Crippen LogP contribution is 2.21. The normalized spacial score (nSPS) is 15.8. The molecule has 0 saturated carbocycles. The molecule has 3 aromatic carbocycles. The van der Waals surface area contributed by atoms with Gasteiger partial charge in [-0.15, -0.1) is 0 Å². The van der Waals surface area contributed by atoms with Gasteiger partial charge in [-0.05, 0) is 96.1 Å². The molecule has 0 atom stereocenters. The van der Waals surface area contributed by atoms with Gasteiger partial charge in [-0.1, -0.05) is 42.5 Å². The van der Waals surface area contributed by atoms with Crippen molar-refractivity contribution in [3.63, 3.8) is 0 Å². The summed E-state index contributed by atoms with van der Waals surface area (Å²) < 4.78 is 0. The van der Waals surface area contributed by atoms with Crippen LogP contribution in [0.25, 0.3) is 0 Å². The zero-order valence-corrected chi connectivity index (χ0v) is 22.1. The topological polar surface area (TPSA) is 211 Å². The van der Waals surface area contributed by atoms with Crippen molar-refractivity contribution in [2.75, 3.05) is 22.5 Å². The van der Waals surface area contributed by atoms with Crippen molar-refractivity contribution in [2.24, 2.45) is 22.9 Å². The second-order valence-corrected chi connectivity index (χ2v) is 9.35. The lowest BCUT2D eigenvalue weighted by Crippen LogP contribution is -2.46. The van der Waals surface area contributed by atoms with Crippen LogP contribution in [0.2, 0.25) is 0 Å². The summed E-state index contributed by atoms with van der Waals surface area (Å²) in [6.07, 6.45) is 14.6. The summed E-state index contributed by atoms with van der Waals surface area (Å²) >= 11 is 0. The van der Waals surface area contributed by atoms with Crippen molar-refractivity contribution < 1.29 is 4.79 Å². The molecule has 0 bridgehead atoms. The van der Waals surface area contributed by atoms with Crippen LogP contribution in [0.5, 0.6) is 0 Å². The van der Waals surface area contributed by atoms with Crippen LogP contribution in [-0.4, -0.2) is 17.2 Å². The number of benzene rings is 3. The number of nitrogens with one attached hydrogen (secondary N) is 1. The molecule has 0 aromatic heterocycles. The minimum absolute atomic E-state index is 0.172. The number of carbonyl (C=O) groups excluding carboxylic acids is 1. The van der Waals surface area contributed by atoms with E-state index in [-0.39, 0.29) is 5.91 Å². The van der Waals surface area contributed by atoms with Crippen molar-refractivity contribution >= 4 is 28.7 Å². The Kier molecular flexibility index (Phi) is 9.80. The second kappa shape index (κ2) is 13.2. The first-order valence-corrected chi connectivity index (χ1v) is 12.4. The van der Waals surface area contributed by atoms with Gasteiger partial charge in [0.25, 0.3) is 5.91 Å². The Morgan fingerprint density at radius 3 is 1.27 bits per heavy atom. The van der Waals surface area contributed by atoms with Crippen LogP contribution in [0.15, 0.2) is 139 Å². The van der Waals surface area contributed by atoms with Crippen LogP contribution < -0.4 is 45.5 Å². The highest BCUT2D eigenvalue weighted by Gasteiger charge is 2.17. The Balaban J connectivity index is 0.000000179. The molecule has 5 rings (SSSR count). The molecule has 0 spiro atoms. The van der Waals surface area contributed by atoms with Gasteiger partial charge in [-0.3, -0.25) is 4.79 Å². The average Bonchev–Trinajstić information content (AvgIpc) is 2.92. The molecule has 2 aliphatic carbocycles. The van der Waals surface area contributed by atoms with Gasteiger partial charge in [0.1, 0.15) is 11.3 Å². The number of para-hydroxylation sites is 1. The van der Waals surface area contributed by atoms with E-state index in [1.54, 1.807) is 72.8 Å². The lowest BCUT2D eigenvalue weighted by molar-refractivity contribution is 0.102. The molecule has 0 radical (unpaired) electrons. The fraction of sp³-hybridized carbons (Fsp3) is 0.0645. The molecule has 15 N–H and O–H groups in total. The summed E-state index contributed by atoms with van der Waals surface area (Å²) in [6, 6.07) is 23.2. The fourth-order valence-electron chi connectivity index (χ4n) is 3.40. The molecule has 2 aliphatic rings. The zero-order valence-electron chi connectivity index (χ0n) is 22.1. The van der Waals surface area contributed by atoms with E-state index in [9.17, 15) is 4.79 Å². The van der Waals surface area contributed by atoms with Crippen LogP contribution in [0, 0.1) is 0 Å². The first kappa shape index (κ1) is 29.6. The molecule has 1 amide bonds. The molecule has 206 valence electrons.